The maximum Gasteiger partial charge on any atom is 0.243 e. The molecule has 2 saturated heterocycles. The predicted octanol–water partition coefficient (Wildman–Crippen LogP) is 1.01. The molecule has 5 nitrogen and oxygen atoms in total. The Kier molecular flexibility index (Phi) is 3.58. The number of nitrogens with two attached hydrogens (primary N) is 1. The molecule has 6 heteroatoms. The summed E-state index contributed by atoms with van der Waals surface area (Å²) in [5, 5.41) is 0. The van der Waals surface area contributed by atoms with Gasteiger partial charge in [-0.05, 0) is 43.0 Å². The minimum atomic E-state index is -3.42. The van der Waals surface area contributed by atoms with Crippen molar-refractivity contribution >= 4 is 10.0 Å². The first-order valence-corrected chi connectivity index (χ1v) is 8.40. The molecule has 2 unspecified atom stereocenters. The van der Waals surface area contributed by atoms with Crippen LogP contribution in [0.1, 0.15) is 24.0 Å². The lowest BCUT2D eigenvalue weighted by Crippen LogP contribution is -2.45. The SMILES string of the molecule is Cc1cc(S(=O)(=O)N2CC3CCC(C2)O3)ccc1CN. The molecule has 20 heavy (non-hydrogen) atoms. The van der Waals surface area contributed by atoms with Crippen LogP contribution in [-0.4, -0.2) is 38.0 Å². The Balaban J connectivity index is 1.90. The highest BCUT2D eigenvalue weighted by molar-refractivity contribution is 7.89. The summed E-state index contributed by atoms with van der Waals surface area (Å²) >= 11 is 0. The molecular weight excluding hydrogens is 276 g/mol. The van der Waals surface area contributed by atoms with Crippen LogP contribution in [0.4, 0.5) is 0 Å². The Morgan fingerprint density at radius 1 is 1.30 bits per heavy atom. The highest BCUT2D eigenvalue weighted by Gasteiger charge is 2.39. The lowest BCUT2D eigenvalue weighted by atomic mass is 10.1. The number of nitrogens with zero attached hydrogens (tertiary/aromatic N) is 1. The summed E-state index contributed by atoms with van der Waals surface area (Å²) < 4.78 is 32.7. The Labute approximate surface area is 119 Å². The quantitative estimate of drug-likeness (QED) is 0.903. The molecular formula is C14H20N2O3S. The van der Waals surface area contributed by atoms with Gasteiger partial charge >= 0.3 is 0 Å². The van der Waals surface area contributed by atoms with Gasteiger partial charge in [-0.15, -0.1) is 0 Å². The molecule has 1 aromatic carbocycles. The zero-order valence-corrected chi connectivity index (χ0v) is 12.4. The zero-order valence-electron chi connectivity index (χ0n) is 11.6. The van der Waals surface area contributed by atoms with Gasteiger partial charge in [-0.25, -0.2) is 8.42 Å². The molecule has 2 fully saturated rings. The average Bonchev–Trinajstić information content (AvgIpc) is 2.77. The van der Waals surface area contributed by atoms with Crippen molar-refractivity contribution in [2.75, 3.05) is 13.1 Å². The van der Waals surface area contributed by atoms with Crippen LogP contribution in [-0.2, 0) is 21.3 Å². The van der Waals surface area contributed by atoms with Crippen LogP contribution in [0.5, 0.6) is 0 Å². The van der Waals surface area contributed by atoms with E-state index < -0.39 is 10.0 Å². The van der Waals surface area contributed by atoms with Crippen LogP contribution >= 0.6 is 0 Å². The normalized spacial score (nSPS) is 26.9. The fraction of sp³-hybridized carbons (Fsp3) is 0.571. The summed E-state index contributed by atoms with van der Waals surface area (Å²) in [6.45, 7) is 3.26. The van der Waals surface area contributed by atoms with Gasteiger partial charge in [0.1, 0.15) is 0 Å². The van der Waals surface area contributed by atoms with E-state index in [1.165, 1.54) is 0 Å². The first-order chi connectivity index (χ1) is 9.50. The van der Waals surface area contributed by atoms with Gasteiger partial charge in [-0.2, -0.15) is 4.31 Å². The van der Waals surface area contributed by atoms with E-state index in [2.05, 4.69) is 0 Å². The molecule has 0 saturated carbocycles. The third-order valence-electron chi connectivity index (χ3n) is 4.18. The molecule has 2 aliphatic heterocycles. The van der Waals surface area contributed by atoms with Crippen LogP contribution < -0.4 is 5.73 Å². The number of aryl methyl sites for hydroxylation is 1. The highest BCUT2D eigenvalue weighted by atomic mass is 32.2. The topological polar surface area (TPSA) is 72.6 Å². The number of rotatable bonds is 3. The van der Waals surface area contributed by atoms with Crippen LogP contribution in [0.2, 0.25) is 0 Å². The number of morpholine rings is 1. The van der Waals surface area contributed by atoms with Gasteiger partial charge in [0.05, 0.1) is 17.1 Å². The lowest BCUT2D eigenvalue weighted by Gasteiger charge is -2.31. The molecule has 2 aliphatic rings. The summed E-state index contributed by atoms with van der Waals surface area (Å²) in [7, 11) is -3.42. The van der Waals surface area contributed by atoms with E-state index in [1.54, 1.807) is 22.5 Å². The predicted molar refractivity (Wildman–Crippen MR) is 75.7 cm³/mol. The van der Waals surface area contributed by atoms with E-state index >= 15 is 0 Å². The summed E-state index contributed by atoms with van der Waals surface area (Å²) in [6, 6.07) is 5.17. The van der Waals surface area contributed by atoms with Gasteiger partial charge in [0.15, 0.2) is 0 Å². The molecule has 0 spiro atoms. The van der Waals surface area contributed by atoms with Gasteiger partial charge in [-0.1, -0.05) is 6.07 Å². The van der Waals surface area contributed by atoms with Crippen LogP contribution in [0.3, 0.4) is 0 Å². The van der Waals surface area contributed by atoms with E-state index in [0.717, 1.165) is 24.0 Å². The summed E-state index contributed by atoms with van der Waals surface area (Å²) in [5.41, 5.74) is 7.52. The first kappa shape index (κ1) is 14.0. The van der Waals surface area contributed by atoms with Crippen molar-refractivity contribution in [3.63, 3.8) is 0 Å². The second-order valence-electron chi connectivity index (χ2n) is 5.57. The van der Waals surface area contributed by atoms with Crippen molar-refractivity contribution in [1.29, 1.82) is 0 Å². The van der Waals surface area contributed by atoms with E-state index in [-0.39, 0.29) is 12.2 Å². The molecule has 3 rings (SSSR count). The summed E-state index contributed by atoms with van der Waals surface area (Å²) in [6.07, 6.45) is 2.05. The fourth-order valence-corrected chi connectivity index (χ4v) is 4.57. The maximum atomic E-state index is 12.7. The maximum absolute atomic E-state index is 12.7. The van der Waals surface area contributed by atoms with Crippen molar-refractivity contribution in [3.05, 3.63) is 29.3 Å². The Morgan fingerprint density at radius 3 is 2.50 bits per heavy atom. The third-order valence-corrected chi connectivity index (χ3v) is 6.01. The molecule has 0 amide bonds. The van der Waals surface area contributed by atoms with Gasteiger partial charge in [0.2, 0.25) is 10.0 Å². The monoisotopic (exact) mass is 296 g/mol. The fourth-order valence-electron chi connectivity index (χ4n) is 2.98. The van der Waals surface area contributed by atoms with Gasteiger partial charge in [0.25, 0.3) is 0 Å². The molecule has 2 atom stereocenters. The van der Waals surface area contributed by atoms with Crippen LogP contribution in [0.15, 0.2) is 23.1 Å². The molecule has 2 bridgehead atoms. The van der Waals surface area contributed by atoms with E-state index in [1.807, 2.05) is 6.92 Å². The lowest BCUT2D eigenvalue weighted by molar-refractivity contribution is -0.0114. The van der Waals surface area contributed by atoms with Gasteiger partial charge in [-0.3, -0.25) is 0 Å². The minimum absolute atomic E-state index is 0.0629. The minimum Gasteiger partial charge on any atom is -0.372 e. The van der Waals surface area contributed by atoms with E-state index in [4.69, 9.17) is 10.5 Å². The Hall–Kier alpha value is -0.950. The van der Waals surface area contributed by atoms with Gasteiger partial charge < -0.3 is 10.5 Å². The highest BCUT2D eigenvalue weighted by Crippen LogP contribution is 2.30. The van der Waals surface area contributed by atoms with Crippen LogP contribution in [0.25, 0.3) is 0 Å². The third kappa shape index (κ3) is 2.37. The van der Waals surface area contributed by atoms with Crippen molar-refractivity contribution in [2.24, 2.45) is 5.73 Å². The standard InChI is InChI=1S/C14H20N2O3S/c1-10-6-14(5-2-11(10)7-15)20(17,18)16-8-12-3-4-13(9-16)19-12/h2,5-6,12-13H,3-4,7-9,15H2,1H3. The zero-order chi connectivity index (χ0) is 14.3. The van der Waals surface area contributed by atoms with Gasteiger partial charge in [0, 0.05) is 19.6 Å². The Morgan fingerprint density at radius 2 is 1.95 bits per heavy atom. The summed E-state index contributed by atoms with van der Waals surface area (Å²) in [5.74, 6) is 0. The molecule has 110 valence electrons. The summed E-state index contributed by atoms with van der Waals surface area (Å²) in [4.78, 5) is 0.355. The second kappa shape index (κ2) is 5.11. The second-order valence-corrected chi connectivity index (χ2v) is 7.51. The number of hydrogen-bond donors (Lipinski definition) is 1. The Bertz CT molecular complexity index is 603. The molecule has 1 aromatic rings. The molecule has 0 aromatic heterocycles. The molecule has 2 N–H and O–H groups in total. The molecule has 0 aliphatic carbocycles. The number of benzene rings is 1. The van der Waals surface area contributed by atoms with Crippen molar-refractivity contribution in [2.45, 2.75) is 43.4 Å². The number of fused-ring (bicyclic) bond motifs is 2. The smallest absolute Gasteiger partial charge is 0.243 e. The van der Waals surface area contributed by atoms with Crippen molar-refractivity contribution < 1.29 is 13.2 Å². The molecule has 0 radical (unpaired) electrons. The first-order valence-electron chi connectivity index (χ1n) is 6.96. The number of ether oxygens (including phenoxy) is 1. The largest absolute Gasteiger partial charge is 0.372 e. The number of hydrogen-bond acceptors (Lipinski definition) is 4. The van der Waals surface area contributed by atoms with E-state index in [9.17, 15) is 8.42 Å². The molecule has 2 heterocycles. The van der Waals surface area contributed by atoms with Crippen LogP contribution in [0, 0.1) is 6.92 Å². The van der Waals surface area contributed by atoms with Crippen molar-refractivity contribution in [1.82, 2.24) is 4.31 Å². The van der Waals surface area contributed by atoms with Crippen molar-refractivity contribution in [3.8, 4) is 0 Å². The van der Waals surface area contributed by atoms with E-state index in [0.29, 0.717) is 24.5 Å². The number of sulfonamides is 1. The average molecular weight is 296 g/mol.